The molecule has 0 saturated heterocycles. The monoisotopic (exact) mass is 463 g/mol. The standard InChI is InChI=1S/C18H22O8S3/c1-8-11(20)15(24-3)17(26-5)13(22)18(8)29(6)28-27-10-7-9(19)14(23-2)16(25-4)12(10)21/h7H,1-6H3,(H3-,19,20,21,22)/p+1. The third kappa shape index (κ3) is 4.26. The minimum atomic E-state index is -0.651. The zero-order chi connectivity index (χ0) is 21.9. The zero-order valence-electron chi connectivity index (χ0n) is 16.7. The predicted molar refractivity (Wildman–Crippen MR) is 115 cm³/mol. The van der Waals surface area contributed by atoms with Gasteiger partial charge in [0.25, 0.3) is 0 Å². The summed E-state index contributed by atoms with van der Waals surface area (Å²) in [7, 11) is 7.31. The van der Waals surface area contributed by atoms with Gasteiger partial charge in [-0.05, 0) is 6.92 Å². The van der Waals surface area contributed by atoms with Crippen molar-refractivity contribution in [3.63, 3.8) is 0 Å². The third-order valence-corrected chi connectivity index (χ3v) is 10.2. The van der Waals surface area contributed by atoms with Gasteiger partial charge in [-0.3, -0.25) is 0 Å². The molecule has 0 fully saturated rings. The summed E-state index contributed by atoms with van der Waals surface area (Å²) in [6.45, 7) is 1.67. The smallest absolute Gasteiger partial charge is 0.220 e. The van der Waals surface area contributed by atoms with Gasteiger partial charge in [0.1, 0.15) is 16.2 Å². The Morgan fingerprint density at radius 2 is 1.24 bits per heavy atom. The Labute approximate surface area is 178 Å². The van der Waals surface area contributed by atoms with Crippen LogP contribution in [0.4, 0.5) is 0 Å². The highest BCUT2D eigenvalue weighted by atomic mass is 33.5. The van der Waals surface area contributed by atoms with E-state index in [0.29, 0.717) is 15.4 Å². The maximum atomic E-state index is 10.7. The van der Waals surface area contributed by atoms with Crippen molar-refractivity contribution in [3.8, 4) is 46.0 Å². The van der Waals surface area contributed by atoms with E-state index in [9.17, 15) is 20.4 Å². The zero-order valence-corrected chi connectivity index (χ0v) is 19.2. The van der Waals surface area contributed by atoms with Crippen molar-refractivity contribution in [1.82, 2.24) is 0 Å². The second kappa shape index (κ2) is 9.59. The van der Waals surface area contributed by atoms with Gasteiger partial charge in [0.05, 0.1) is 38.9 Å². The van der Waals surface area contributed by atoms with Crippen molar-refractivity contribution < 1.29 is 39.4 Å². The summed E-state index contributed by atoms with van der Waals surface area (Å²) < 4.78 is 20.5. The fraction of sp³-hybridized carbons (Fsp3) is 0.333. The van der Waals surface area contributed by atoms with E-state index in [0.717, 1.165) is 0 Å². The highest BCUT2D eigenvalue weighted by molar-refractivity contribution is 9.07. The van der Waals surface area contributed by atoms with Crippen LogP contribution in [0.15, 0.2) is 15.9 Å². The van der Waals surface area contributed by atoms with Crippen LogP contribution in [0.25, 0.3) is 0 Å². The van der Waals surface area contributed by atoms with Crippen molar-refractivity contribution in [2.45, 2.75) is 16.7 Å². The Morgan fingerprint density at radius 3 is 1.76 bits per heavy atom. The first-order valence-corrected chi connectivity index (χ1v) is 12.4. The summed E-state index contributed by atoms with van der Waals surface area (Å²) in [6.07, 6.45) is 1.85. The summed E-state index contributed by atoms with van der Waals surface area (Å²) in [5, 5.41) is 41.6. The van der Waals surface area contributed by atoms with E-state index in [-0.39, 0.29) is 46.0 Å². The van der Waals surface area contributed by atoms with Crippen molar-refractivity contribution in [3.05, 3.63) is 11.6 Å². The summed E-state index contributed by atoms with van der Waals surface area (Å²) in [5.41, 5.74) is 0.457. The first-order chi connectivity index (χ1) is 13.7. The highest BCUT2D eigenvalue weighted by Gasteiger charge is 2.34. The molecule has 8 nitrogen and oxygen atoms in total. The van der Waals surface area contributed by atoms with Crippen molar-refractivity contribution >= 4 is 30.5 Å². The fourth-order valence-corrected chi connectivity index (χ4v) is 8.05. The van der Waals surface area contributed by atoms with E-state index in [4.69, 9.17) is 18.9 Å². The van der Waals surface area contributed by atoms with E-state index in [1.807, 2.05) is 6.26 Å². The number of phenols is 4. The highest BCUT2D eigenvalue weighted by Crippen LogP contribution is 2.56. The Balaban J connectivity index is 2.39. The first-order valence-electron chi connectivity index (χ1n) is 8.07. The Morgan fingerprint density at radius 1 is 0.759 bits per heavy atom. The van der Waals surface area contributed by atoms with Gasteiger partial charge in [-0.15, -0.1) is 0 Å². The number of phenolic OH excluding ortho intramolecular Hbond substituents is 4. The number of benzene rings is 2. The molecule has 0 amide bonds. The fourth-order valence-electron chi connectivity index (χ4n) is 2.67. The molecule has 2 rings (SSSR count). The van der Waals surface area contributed by atoms with Crippen LogP contribution in [0.3, 0.4) is 0 Å². The molecule has 0 aliphatic carbocycles. The molecule has 29 heavy (non-hydrogen) atoms. The lowest BCUT2D eigenvalue weighted by Crippen LogP contribution is -2.01. The molecule has 0 spiro atoms. The normalized spacial score (nSPS) is 11.8. The van der Waals surface area contributed by atoms with Crippen molar-refractivity contribution in [1.29, 1.82) is 0 Å². The number of rotatable bonds is 8. The van der Waals surface area contributed by atoms with Gasteiger partial charge in [-0.2, -0.15) is 0 Å². The van der Waals surface area contributed by atoms with Crippen LogP contribution in [0.5, 0.6) is 46.0 Å². The molecule has 2 aromatic rings. The average molecular weight is 464 g/mol. The molecule has 0 saturated carbocycles. The Bertz CT molecular complexity index is 904. The maximum absolute atomic E-state index is 10.7. The lowest BCUT2D eigenvalue weighted by molar-refractivity contribution is 0.311. The van der Waals surface area contributed by atoms with Crippen LogP contribution in [-0.2, 0) is 9.93 Å². The lowest BCUT2D eigenvalue weighted by atomic mass is 10.1. The van der Waals surface area contributed by atoms with E-state index in [1.165, 1.54) is 55.1 Å². The van der Waals surface area contributed by atoms with Gasteiger partial charge in [-0.25, -0.2) is 0 Å². The third-order valence-electron chi connectivity index (χ3n) is 4.03. The molecule has 0 aromatic heterocycles. The molecule has 11 heteroatoms. The van der Waals surface area contributed by atoms with Crippen LogP contribution in [0.1, 0.15) is 5.56 Å². The molecule has 160 valence electrons. The molecule has 2 aromatic carbocycles. The molecular formula is C18H23O8S3+. The number of hydrogen-bond acceptors (Lipinski definition) is 10. The number of ether oxygens (including phenoxy) is 4. The number of hydrogen-bond donors (Lipinski definition) is 4. The molecule has 4 N–H and O–H groups in total. The van der Waals surface area contributed by atoms with Crippen LogP contribution in [-0.4, -0.2) is 55.1 Å². The quantitative estimate of drug-likeness (QED) is 0.261. The summed E-state index contributed by atoms with van der Waals surface area (Å²) in [5.74, 6) is -0.434. The Kier molecular flexibility index (Phi) is 7.66. The summed E-state index contributed by atoms with van der Waals surface area (Å²) in [4.78, 5) is 0.841. The Hall–Kier alpha value is -2.11. The molecular weight excluding hydrogens is 440 g/mol. The minimum absolute atomic E-state index is 0.0226. The molecule has 0 aliphatic heterocycles. The molecule has 0 radical (unpaired) electrons. The van der Waals surface area contributed by atoms with Crippen LogP contribution >= 0.6 is 20.6 Å². The van der Waals surface area contributed by atoms with Crippen molar-refractivity contribution in [2.24, 2.45) is 0 Å². The summed E-state index contributed by atoms with van der Waals surface area (Å²) in [6, 6.07) is 1.37. The number of methoxy groups -OCH3 is 4. The topological polar surface area (TPSA) is 118 Å². The van der Waals surface area contributed by atoms with Gasteiger partial charge in [0.2, 0.25) is 33.6 Å². The first kappa shape index (κ1) is 23.2. The second-order valence-electron chi connectivity index (χ2n) is 5.63. The van der Waals surface area contributed by atoms with Crippen LogP contribution in [0, 0.1) is 6.92 Å². The van der Waals surface area contributed by atoms with Crippen LogP contribution < -0.4 is 18.9 Å². The number of aromatic hydroxyl groups is 4. The predicted octanol–water partition coefficient (Wildman–Crippen LogP) is 3.81. The van der Waals surface area contributed by atoms with E-state index in [1.54, 1.807) is 6.92 Å². The second-order valence-corrected chi connectivity index (χ2v) is 11.3. The lowest BCUT2D eigenvalue weighted by Gasteiger charge is -2.16. The van der Waals surface area contributed by atoms with Crippen molar-refractivity contribution in [2.75, 3.05) is 34.7 Å². The van der Waals surface area contributed by atoms with Gasteiger partial charge >= 0.3 is 0 Å². The molecule has 0 bridgehead atoms. The van der Waals surface area contributed by atoms with E-state index < -0.39 is 9.93 Å². The summed E-state index contributed by atoms with van der Waals surface area (Å²) >= 11 is 0. The largest absolute Gasteiger partial charge is 0.504 e. The average Bonchev–Trinajstić information content (AvgIpc) is 2.70. The SMILES string of the molecule is COc1c(O)cc(SS[S+](C)c2c(C)c(O)c(OC)c(OC)c2O)c(O)c1OC. The van der Waals surface area contributed by atoms with Gasteiger partial charge in [0.15, 0.2) is 27.1 Å². The van der Waals surface area contributed by atoms with E-state index >= 15 is 0 Å². The van der Waals surface area contributed by atoms with Gasteiger partial charge in [-0.1, -0.05) is 0 Å². The van der Waals surface area contributed by atoms with Crippen LogP contribution in [0.2, 0.25) is 0 Å². The molecule has 0 heterocycles. The van der Waals surface area contributed by atoms with Gasteiger partial charge < -0.3 is 39.4 Å². The maximum Gasteiger partial charge on any atom is 0.220 e. The molecule has 0 aliphatic rings. The van der Waals surface area contributed by atoms with E-state index in [2.05, 4.69) is 0 Å². The molecule has 1 unspecified atom stereocenters. The van der Waals surface area contributed by atoms with Gasteiger partial charge in [0, 0.05) is 16.9 Å². The molecule has 1 atom stereocenters. The minimum Gasteiger partial charge on any atom is -0.504 e.